The van der Waals surface area contributed by atoms with E-state index in [4.69, 9.17) is 17.3 Å². The number of rotatable bonds is 3. The van der Waals surface area contributed by atoms with Crippen LogP contribution < -0.4 is 11.1 Å². The monoisotopic (exact) mass is 252 g/mol. The number of hydrogen-bond acceptors (Lipinski definition) is 3. The highest BCUT2D eigenvalue weighted by atomic mass is 35.5. The Kier molecular flexibility index (Phi) is 3.36. The third-order valence-electron chi connectivity index (χ3n) is 2.42. The van der Waals surface area contributed by atoms with Crippen molar-refractivity contribution >= 4 is 34.3 Å². The maximum atomic E-state index is 5.86. The van der Waals surface area contributed by atoms with Gasteiger partial charge in [0.2, 0.25) is 0 Å². The second-order valence-corrected chi connectivity index (χ2v) is 5.05. The van der Waals surface area contributed by atoms with Gasteiger partial charge >= 0.3 is 0 Å². The first-order valence-corrected chi connectivity index (χ1v) is 6.24. The Morgan fingerprint density at radius 2 is 2.19 bits per heavy atom. The smallest absolute Gasteiger partial charge is 0.0577 e. The van der Waals surface area contributed by atoms with Crippen LogP contribution in [0.2, 0.25) is 5.02 Å². The topological polar surface area (TPSA) is 38.0 Å². The number of aryl methyl sites for hydroxylation is 1. The first-order valence-electron chi connectivity index (χ1n) is 4.98. The van der Waals surface area contributed by atoms with Crippen LogP contribution in [0, 0.1) is 6.92 Å². The van der Waals surface area contributed by atoms with Crippen molar-refractivity contribution in [1.82, 2.24) is 0 Å². The first-order chi connectivity index (χ1) is 7.66. The molecule has 0 fully saturated rings. The van der Waals surface area contributed by atoms with E-state index in [2.05, 4.69) is 23.7 Å². The number of hydrogen-bond donors (Lipinski definition) is 2. The van der Waals surface area contributed by atoms with Crippen LogP contribution in [0.25, 0.3) is 0 Å². The lowest BCUT2D eigenvalue weighted by atomic mass is 10.2. The molecule has 0 unspecified atom stereocenters. The van der Waals surface area contributed by atoms with Crippen molar-refractivity contribution in [2.24, 2.45) is 0 Å². The molecule has 0 amide bonds. The Morgan fingerprint density at radius 3 is 2.81 bits per heavy atom. The summed E-state index contributed by atoms with van der Waals surface area (Å²) < 4.78 is 0. The molecule has 0 spiro atoms. The van der Waals surface area contributed by atoms with Crippen LogP contribution in [-0.4, -0.2) is 0 Å². The molecule has 2 nitrogen and oxygen atoms in total. The van der Waals surface area contributed by atoms with Crippen LogP contribution in [0.15, 0.2) is 29.6 Å². The van der Waals surface area contributed by atoms with Gasteiger partial charge < -0.3 is 11.1 Å². The van der Waals surface area contributed by atoms with Gasteiger partial charge in [-0.3, -0.25) is 0 Å². The fraction of sp³-hybridized carbons (Fsp3) is 0.167. The SMILES string of the molecule is Cc1ccsc1CNc1ccc(Cl)cc1N. The average molecular weight is 253 g/mol. The molecule has 1 aromatic heterocycles. The van der Waals surface area contributed by atoms with Gasteiger partial charge in [0.15, 0.2) is 0 Å². The molecule has 1 heterocycles. The van der Waals surface area contributed by atoms with E-state index < -0.39 is 0 Å². The van der Waals surface area contributed by atoms with Crippen LogP contribution in [0.3, 0.4) is 0 Å². The Hall–Kier alpha value is -1.19. The molecule has 0 bridgehead atoms. The van der Waals surface area contributed by atoms with Crippen molar-refractivity contribution in [3.63, 3.8) is 0 Å². The molecule has 0 atom stereocenters. The average Bonchev–Trinajstić information content (AvgIpc) is 2.63. The molecule has 84 valence electrons. The molecule has 3 N–H and O–H groups in total. The summed E-state index contributed by atoms with van der Waals surface area (Å²) in [6.45, 7) is 2.91. The first kappa shape index (κ1) is 11.3. The second-order valence-electron chi connectivity index (χ2n) is 3.61. The van der Waals surface area contributed by atoms with Crippen molar-refractivity contribution in [2.75, 3.05) is 11.1 Å². The van der Waals surface area contributed by atoms with E-state index in [0.717, 1.165) is 12.2 Å². The number of nitrogens with two attached hydrogens (primary N) is 1. The van der Waals surface area contributed by atoms with Crippen molar-refractivity contribution in [3.8, 4) is 0 Å². The third kappa shape index (κ3) is 2.49. The lowest BCUT2D eigenvalue weighted by molar-refractivity contribution is 1.17. The molecule has 0 saturated heterocycles. The van der Waals surface area contributed by atoms with Crippen LogP contribution in [-0.2, 0) is 6.54 Å². The summed E-state index contributed by atoms with van der Waals surface area (Å²) in [5.74, 6) is 0. The normalized spacial score (nSPS) is 10.4. The van der Waals surface area contributed by atoms with Gasteiger partial charge in [0, 0.05) is 16.4 Å². The van der Waals surface area contributed by atoms with Crippen LogP contribution in [0.1, 0.15) is 10.4 Å². The maximum absolute atomic E-state index is 5.86. The molecule has 16 heavy (non-hydrogen) atoms. The summed E-state index contributed by atoms with van der Waals surface area (Å²) in [5, 5.41) is 6.07. The zero-order valence-corrected chi connectivity index (χ0v) is 10.5. The fourth-order valence-electron chi connectivity index (χ4n) is 1.46. The number of anilines is 2. The van der Waals surface area contributed by atoms with Crippen LogP contribution >= 0.6 is 22.9 Å². The molecule has 0 saturated carbocycles. The minimum Gasteiger partial charge on any atom is -0.397 e. The van der Waals surface area contributed by atoms with Crippen LogP contribution in [0.4, 0.5) is 11.4 Å². The lowest BCUT2D eigenvalue weighted by Gasteiger charge is -2.09. The van der Waals surface area contributed by atoms with Gasteiger partial charge in [0.1, 0.15) is 0 Å². The minimum absolute atomic E-state index is 0.662. The minimum atomic E-state index is 0.662. The van der Waals surface area contributed by atoms with Gasteiger partial charge in [-0.05, 0) is 42.1 Å². The Labute approximate surface area is 104 Å². The third-order valence-corrected chi connectivity index (χ3v) is 3.68. The Morgan fingerprint density at radius 1 is 1.38 bits per heavy atom. The van der Waals surface area contributed by atoms with Gasteiger partial charge in [-0.2, -0.15) is 0 Å². The predicted octanol–water partition coefficient (Wildman–Crippen LogP) is 3.90. The molecule has 0 aliphatic rings. The molecule has 2 aromatic rings. The molecular formula is C12H13ClN2S. The van der Waals surface area contributed by atoms with E-state index in [0.29, 0.717) is 10.7 Å². The summed E-state index contributed by atoms with van der Waals surface area (Å²) in [4.78, 5) is 1.33. The summed E-state index contributed by atoms with van der Waals surface area (Å²) in [7, 11) is 0. The Bertz CT molecular complexity index is 494. The zero-order valence-electron chi connectivity index (χ0n) is 8.96. The van der Waals surface area contributed by atoms with Crippen molar-refractivity contribution in [2.45, 2.75) is 13.5 Å². The van der Waals surface area contributed by atoms with E-state index in [1.165, 1.54) is 10.4 Å². The summed E-state index contributed by atoms with van der Waals surface area (Å²) in [5.41, 5.74) is 8.78. The van der Waals surface area contributed by atoms with E-state index in [9.17, 15) is 0 Å². The number of benzene rings is 1. The van der Waals surface area contributed by atoms with E-state index in [-0.39, 0.29) is 0 Å². The van der Waals surface area contributed by atoms with Crippen molar-refractivity contribution in [1.29, 1.82) is 0 Å². The van der Waals surface area contributed by atoms with Crippen LogP contribution in [0.5, 0.6) is 0 Å². The van der Waals surface area contributed by atoms with Gasteiger partial charge in [0.05, 0.1) is 11.4 Å². The molecular weight excluding hydrogens is 240 g/mol. The van der Waals surface area contributed by atoms with E-state index in [1.807, 2.05) is 12.1 Å². The molecule has 0 aliphatic carbocycles. The highest BCUT2D eigenvalue weighted by Crippen LogP contribution is 2.24. The zero-order chi connectivity index (χ0) is 11.5. The van der Waals surface area contributed by atoms with Crippen molar-refractivity contribution < 1.29 is 0 Å². The quantitative estimate of drug-likeness (QED) is 0.813. The number of nitrogens with one attached hydrogen (secondary N) is 1. The molecule has 0 aliphatic heterocycles. The highest BCUT2D eigenvalue weighted by Gasteiger charge is 2.02. The number of nitrogen functional groups attached to an aromatic ring is 1. The lowest BCUT2D eigenvalue weighted by Crippen LogP contribution is -2.01. The predicted molar refractivity (Wildman–Crippen MR) is 72.2 cm³/mol. The van der Waals surface area contributed by atoms with Gasteiger partial charge in [-0.1, -0.05) is 11.6 Å². The van der Waals surface area contributed by atoms with Gasteiger partial charge in [-0.15, -0.1) is 11.3 Å². The Balaban J connectivity index is 2.08. The van der Waals surface area contributed by atoms with E-state index >= 15 is 0 Å². The van der Waals surface area contributed by atoms with E-state index in [1.54, 1.807) is 17.4 Å². The number of halogens is 1. The highest BCUT2D eigenvalue weighted by molar-refractivity contribution is 7.10. The standard InChI is InChI=1S/C12H13ClN2S/c1-8-4-5-16-12(8)7-15-11-3-2-9(13)6-10(11)14/h2-6,15H,7,14H2,1H3. The summed E-state index contributed by atoms with van der Waals surface area (Å²) >= 11 is 7.58. The molecule has 0 radical (unpaired) electrons. The molecule has 4 heteroatoms. The van der Waals surface area contributed by atoms with Crippen molar-refractivity contribution in [3.05, 3.63) is 45.1 Å². The fourth-order valence-corrected chi connectivity index (χ4v) is 2.48. The maximum Gasteiger partial charge on any atom is 0.0577 e. The summed E-state index contributed by atoms with van der Waals surface area (Å²) in [6.07, 6.45) is 0. The summed E-state index contributed by atoms with van der Waals surface area (Å²) in [6, 6.07) is 7.61. The van der Waals surface area contributed by atoms with Gasteiger partial charge in [0.25, 0.3) is 0 Å². The molecule has 1 aromatic carbocycles. The largest absolute Gasteiger partial charge is 0.397 e. The molecule has 2 rings (SSSR count). The van der Waals surface area contributed by atoms with Gasteiger partial charge in [-0.25, -0.2) is 0 Å². The number of thiophene rings is 1. The second kappa shape index (κ2) is 4.76.